The maximum atomic E-state index is 12.2. The van der Waals surface area contributed by atoms with Crippen LogP contribution in [-0.4, -0.2) is 23.1 Å². The van der Waals surface area contributed by atoms with Gasteiger partial charge in [-0.3, -0.25) is 0 Å². The number of aromatic nitrogens is 1. The van der Waals surface area contributed by atoms with Crippen molar-refractivity contribution in [3.8, 4) is 0 Å². The minimum atomic E-state index is -0.875. The van der Waals surface area contributed by atoms with Gasteiger partial charge < -0.3 is 19.2 Å². The molecule has 7 nitrogen and oxygen atoms in total. The van der Waals surface area contributed by atoms with Crippen molar-refractivity contribution in [3.05, 3.63) is 78.2 Å². The summed E-state index contributed by atoms with van der Waals surface area (Å²) in [6, 6.07) is 20.1. The van der Waals surface area contributed by atoms with Crippen LogP contribution >= 0.6 is 0 Å². The van der Waals surface area contributed by atoms with Gasteiger partial charge >= 0.3 is 12.1 Å². The quantitative estimate of drug-likeness (QED) is 0.481. The molecule has 1 amide bonds. The first kappa shape index (κ1) is 19.4. The lowest BCUT2D eigenvalue weighted by atomic mass is 10.1. The molecule has 0 aliphatic carbocycles. The lowest BCUT2D eigenvalue weighted by Crippen LogP contribution is -2.39. The van der Waals surface area contributed by atoms with Crippen LogP contribution in [-0.2, 0) is 27.5 Å². The number of amides is 1. The van der Waals surface area contributed by atoms with E-state index in [1.807, 2.05) is 66.7 Å². The predicted octanol–water partition coefficient (Wildman–Crippen LogP) is 4.34. The first-order valence-corrected chi connectivity index (χ1v) is 9.50. The zero-order valence-electron chi connectivity index (χ0n) is 16.3. The van der Waals surface area contributed by atoms with E-state index in [1.54, 1.807) is 0 Å². The molecule has 0 radical (unpaired) electrons. The summed E-state index contributed by atoms with van der Waals surface area (Å²) in [7, 11) is 0. The van der Waals surface area contributed by atoms with Crippen molar-refractivity contribution in [1.82, 2.24) is 10.3 Å². The first-order valence-electron chi connectivity index (χ1n) is 9.50. The Bertz CT molecular complexity index is 1130. The molecule has 1 atom stereocenters. The Morgan fingerprint density at radius 1 is 0.967 bits per heavy atom. The standard InChI is InChI=1S/C23H20N2O5/c1-15(24-23(27)29-13-16-7-3-2-4-8-16)22(26)28-14-21-25-19-11-17-9-5-6-10-18(17)12-20(19)30-21/h2-12,15H,13-14H2,1H3,(H,24,27)/t15-/m0/s1. The van der Waals surface area contributed by atoms with Gasteiger partial charge in [0.15, 0.2) is 12.2 Å². The number of alkyl carbamates (subject to hydrolysis) is 1. The number of hydrogen-bond acceptors (Lipinski definition) is 6. The van der Waals surface area contributed by atoms with E-state index in [4.69, 9.17) is 13.9 Å². The molecule has 1 aromatic heterocycles. The maximum absolute atomic E-state index is 12.2. The van der Waals surface area contributed by atoms with Gasteiger partial charge in [0.05, 0.1) is 0 Å². The van der Waals surface area contributed by atoms with Gasteiger partial charge in [-0.05, 0) is 35.4 Å². The topological polar surface area (TPSA) is 90.7 Å². The van der Waals surface area contributed by atoms with Crippen molar-refractivity contribution in [2.24, 2.45) is 0 Å². The van der Waals surface area contributed by atoms with Crippen LogP contribution in [0, 0.1) is 0 Å². The van der Waals surface area contributed by atoms with Crippen LogP contribution in [0.2, 0.25) is 0 Å². The second-order valence-corrected chi connectivity index (χ2v) is 6.81. The summed E-state index contributed by atoms with van der Waals surface area (Å²) in [6.07, 6.45) is -0.697. The van der Waals surface area contributed by atoms with Crippen LogP contribution in [0.4, 0.5) is 4.79 Å². The van der Waals surface area contributed by atoms with Crippen LogP contribution in [0.15, 0.2) is 71.1 Å². The van der Waals surface area contributed by atoms with Crippen molar-refractivity contribution >= 4 is 33.9 Å². The zero-order chi connectivity index (χ0) is 20.9. The van der Waals surface area contributed by atoms with Gasteiger partial charge in [0.2, 0.25) is 5.89 Å². The summed E-state index contributed by atoms with van der Waals surface area (Å²) in [6.45, 7) is 1.51. The van der Waals surface area contributed by atoms with Crippen LogP contribution in [0.3, 0.4) is 0 Å². The largest absolute Gasteiger partial charge is 0.454 e. The van der Waals surface area contributed by atoms with E-state index in [2.05, 4.69) is 10.3 Å². The van der Waals surface area contributed by atoms with Gasteiger partial charge in [0.25, 0.3) is 0 Å². The third kappa shape index (κ3) is 4.57. The number of benzene rings is 3. The van der Waals surface area contributed by atoms with Crippen molar-refractivity contribution in [1.29, 1.82) is 0 Å². The van der Waals surface area contributed by atoms with Crippen molar-refractivity contribution < 1.29 is 23.5 Å². The van der Waals surface area contributed by atoms with E-state index < -0.39 is 18.1 Å². The molecular weight excluding hydrogens is 384 g/mol. The zero-order valence-corrected chi connectivity index (χ0v) is 16.3. The third-order valence-electron chi connectivity index (χ3n) is 4.54. The van der Waals surface area contributed by atoms with E-state index >= 15 is 0 Å². The Kier molecular flexibility index (Phi) is 5.61. The molecule has 7 heteroatoms. The third-order valence-corrected chi connectivity index (χ3v) is 4.54. The summed E-state index contributed by atoms with van der Waals surface area (Å²) in [4.78, 5) is 28.4. The number of ether oxygens (including phenoxy) is 2. The molecular formula is C23H20N2O5. The molecule has 3 aromatic carbocycles. The molecule has 1 N–H and O–H groups in total. The van der Waals surface area contributed by atoms with E-state index in [-0.39, 0.29) is 19.1 Å². The summed E-state index contributed by atoms with van der Waals surface area (Å²) in [5, 5.41) is 4.54. The average Bonchev–Trinajstić information content (AvgIpc) is 3.16. The average molecular weight is 404 g/mol. The highest BCUT2D eigenvalue weighted by Crippen LogP contribution is 2.23. The molecule has 30 heavy (non-hydrogen) atoms. The summed E-state index contributed by atoms with van der Waals surface area (Å²) in [5.41, 5.74) is 2.16. The van der Waals surface area contributed by atoms with Crippen LogP contribution in [0.1, 0.15) is 18.4 Å². The SMILES string of the molecule is C[C@H](NC(=O)OCc1ccccc1)C(=O)OCc1nc2cc3ccccc3cc2o1. The molecule has 0 aliphatic rings. The van der Waals surface area contributed by atoms with Gasteiger partial charge in [0, 0.05) is 0 Å². The van der Waals surface area contributed by atoms with Gasteiger partial charge in [-0.15, -0.1) is 0 Å². The van der Waals surface area contributed by atoms with E-state index in [0.717, 1.165) is 16.3 Å². The number of nitrogens with zero attached hydrogens (tertiary/aromatic N) is 1. The number of nitrogens with one attached hydrogen (secondary N) is 1. The number of fused-ring (bicyclic) bond motifs is 2. The highest BCUT2D eigenvalue weighted by atomic mass is 16.6. The maximum Gasteiger partial charge on any atom is 0.408 e. The van der Waals surface area contributed by atoms with Crippen LogP contribution in [0.25, 0.3) is 21.9 Å². The molecule has 1 heterocycles. The second-order valence-electron chi connectivity index (χ2n) is 6.81. The Hall–Kier alpha value is -3.87. The van der Waals surface area contributed by atoms with Gasteiger partial charge in [0.1, 0.15) is 18.2 Å². The fraction of sp³-hybridized carbons (Fsp3) is 0.174. The van der Waals surface area contributed by atoms with E-state index in [0.29, 0.717) is 11.1 Å². The van der Waals surface area contributed by atoms with Crippen molar-refractivity contribution in [2.75, 3.05) is 0 Å². The smallest absolute Gasteiger partial charge is 0.408 e. The molecule has 152 valence electrons. The Labute approximate surface area is 172 Å². The van der Waals surface area contributed by atoms with Gasteiger partial charge in [-0.2, -0.15) is 0 Å². The minimum absolute atomic E-state index is 0.117. The van der Waals surface area contributed by atoms with E-state index in [9.17, 15) is 9.59 Å². The highest BCUT2D eigenvalue weighted by Gasteiger charge is 2.19. The number of rotatable bonds is 6. The monoisotopic (exact) mass is 404 g/mol. The number of hydrogen-bond donors (Lipinski definition) is 1. The molecule has 0 unspecified atom stereocenters. The minimum Gasteiger partial charge on any atom is -0.454 e. The summed E-state index contributed by atoms with van der Waals surface area (Å²) >= 11 is 0. The highest BCUT2D eigenvalue weighted by molar-refractivity contribution is 5.94. The normalized spacial score (nSPS) is 11.9. The fourth-order valence-electron chi connectivity index (χ4n) is 2.98. The molecule has 0 aliphatic heterocycles. The summed E-state index contributed by atoms with van der Waals surface area (Å²) in [5.74, 6) is -0.327. The fourth-order valence-corrected chi connectivity index (χ4v) is 2.98. The number of oxazole rings is 1. The van der Waals surface area contributed by atoms with Gasteiger partial charge in [-0.1, -0.05) is 54.6 Å². The lowest BCUT2D eigenvalue weighted by Gasteiger charge is -2.13. The van der Waals surface area contributed by atoms with E-state index in [1.165, 1.54) is 6.92 Å². The van der Waals surface area contributed by atoms with Crippen LogP contribution in [0.5, 0.6) is 0 Å². The first-order chi connectivity index (χ1) is 14.6. The Morgan fingerprint density at radius 2 is 1.67 bits per heavy atom. The van der Waals surface area contributed by atoms with Crippen LogP contribution < -0.4 is 5.32 Å². The molecule has 0 saturated heterocycles. The van der Waals surface area contributed by atoms with Crippen molar-refractivity contribution in [3.63, 3.8) is 0 Å². The number of carbonyl (C=O) groups is 2. The second kappa shape index (κ2) is 8.65. The molecule has 4 aromatic rings. The van der Waals surface area contributed by atoms with Crippen molar-refractivity contribution in [2.45, 2.75) is 26.2 Å². The summed E-state index contributed by atoms with van der Waals surface area (Å²) < 4.78 is 16.0. The number of carbonyl (C=O) groups excluding carboxylic acids is 2. The Balaban J connectivity index is 1.30. The predicted molar refractivity (Wildman–Crippen MR) is 111 cm³/mol. The number of esters is 1. The molecule has 0 fully saturated rings. The Morgan fingerprint density at radius 3 is 2.43 bits per heavy atom. The molecule has 0 saturated carbocycles. The van der Waals surface area contributed by atoms with Gasteiger partial charge in [-0.25, -0.2) is 14.6 Å². The molecule has 4 rings (SSSR count). The molecule has 0 spiro atoms. The lowest BCUT2D eigenvalue weighted by molar-refractivity contribution is -0.147. The molecule has 0 bridgehead atoms.